The minimum atomic E-state index is -0.809. The number of aliphatic hydroxyl groups excluding tert-OH is 1. The van der Waals surface area contributed by atoms with Crippen molar-refractivity contribution in [2.75, 3.05) is 19.8 Å². The Balaban J connectivity index is 2.20. The van der Waals surface area contributed by atoms with Crippen molar-refractivity contribution >= 4 is 0 Å². The molecular formula is C11H23NO3. The van der Waals surface area contributed by atoms with Gasteiger partial charge in [-0.3, -0.25) is 0 Å². The van der Waals surface area contributed by atoms with Crippen LogP contribution in [0.4, 0.5) is 0 Å². The van der Waals surface area contributed by atoms with Gasteiger partial charge in [-0.2, -0.15) is 0 Å². The van der Waals surface area contributed by atoms with E-state index in [1.165, 1.54) is 0 Å². The molecule has 4 nitrogen and oxygen atoms in total. The molecule has 0 spiro atoms. The van der Waals surface area contributed by atoms with Crippen LogP contribution in [0.3, 0.4) is 0 Å². The normalized spacial score (nSPS) is 30.4. The fourth-order valence-electron chi connectivity index (χ4n) is 1.75. The summed E-state index contributed by atoms with van der Waals surface area (Å²) >= 11 is 0. The van der Waals surface area contributed by atoms with Gasteiger partial charge in [-0.1, -0.05) is 6.92 Å². The van der Waals surface area contributed by atoms with Gasteiger partial charge < -0.3 is 20.3 Å². The minimum Gasteiger partial charge on any atom is -0.392 e. The van der Waals surface area contributed by atoms with E-state index in [-0.39, 0.29) is 0 Å². The van der Waals surface area contributed by atoms with E-state index in [1.54, 1.807) is 0 Å². The molecule has 1 saturated heterocycles. The Morgan fingerprint density at radius 1 is 1.53 bits per heavy atom. The van der Waals surface area contributed by atoms with Gasteiger partial charge in [0.15, 0.2) is 0 Å². The second-order valence-corrected chi connectivity index (χ2v) is 4.60. The van der Waals surface area contributed by atoms with Crippen molar-refractivity contribution in [1.29, 1.82) is 0 Å². The average molecular weight is 217 g/mol. The monoisotopic (exact) mass is 217 g/mol. The fourth-order valence-corrected chi connectivity index (χ4v) is 1.75. The fraction of sp³-hybridized carbons (Fsp3) is 1.00. The van der Waals surface area contributed by atoms with Crippen LogP contribution in [0.1, 0.15) is 33.1 Å². The van der Waals surface area contributed by atoms with E-state index in [0.717, 1.165) is 6.42 Å². The maximum atomic E-state index is 9.97. The third-order valence-electron chi connectivity index (χ3n) is 3.01. The van der Waals surface area contributed by atoms with Crippen molar-refractivity contribution in [3.63, 3.8) is 0 Å². The molecule has 3 atom stereocenters. The van der Waals surface area contributed by atoms with Gasteiger partial charge in [-0.05, 0) is 13.3 Å². The lowest BCUT2D eigenvalue weighted by Crippen LogP contribution is -2.40. The lowest BCUT2D eigenvalue weighted by atomic mass is 9.95. The Morgan fingerprint density at radius 2 is 2.27 bits per heavy atom. The molecule has 0 amide bonds. The van der Waals surface area contributed by atoms with Crippen LogP contribution in [-0.2, 0) is 4.74 Å². The summed E-state index contributed by atoms with van der Waals surface area (Å²) in [4.78, 5) is 0. The first-order valence-corrected chi connectivity index (χ1v) is 5.77. The summed E-state index contributed by atoms with van der Waals surface area (Å²) in [7, 11) is 0. The number of rotatable bonds is 6. The Morgan fingerprint density at radius 3 is 2.80 bits per heavy atom. The van der Waals surface area contributed by atoms with Gasteiger partial charge >= 0.3 is 0 Å². The van der Waals surface area contributed by atoms with Crippen LogP contribution in [0.5, 0.6) is 0 Å². The van der Waals surface area contributed by atoms with Crippen LogP contribution in [0, 0.1) is 0 Å². The second kappa shape index (κ2) is 5.80. The molecule has 0 saturated carbocycles. The van der Waals surface area contributed by atoms with E-state index in [0.29, 0.717) is 38.6 Å². The van der Waals surface area contributed by atoms with E-state index >= 15 is 0 Å². The molecule has 0 aliphatic carbocycles. The van der Waals surface area contributed by atoms with Crippen molar-refractivity contribution in [2.45, 2.75) is 50.9 Å². The number of aliphatic hydroxyl groups is 2. The Kier molecular flexibility index (Phi) is 4.99. The summed E-state index contributed by atoms with van der Waals surface area (Å²) in [6.45, 7) is 5.68. The molecular weight excluding hydrogens is 194 g/mol. The highest BCUT2D eigenvalue weighted by molar-refractivity contribution is 4.85. The standard InChI is InChI=1S/C11H23NO3/c1-3-9(2)12-7-10(13)6-11(14)4-5-15-8-11/h9-10,12-14H,3-8H2,1-2H3. The molecule has 1 fully saturated rings. The number of hydrogen-bond acceptors (Lipinski definition) is 4. The molecule has 1 aliphatic rings. The molecule has 1 rings (SSSR count). The van der Waals surface area contributed by atoms with Crippen LogP contribution < -0.4 is 5.32 Å². The first kappa shape index (κ1) is 12.9. The molecule has 0 aromatic carbocycles. The molecule has 1 heterocycles. The van der Waals surface area contributed by atoms with Crippen LogP contribution in [0.2, 0.25) is 0 Å². The third-order valence-corrected chi connectivity index (χ3v) is 3.01. The van der Waals surface area contributed by atoms with E-state index < -0.39 is 11.7 Å². The van der Waals surface area contributed by atoms with Crippen molar-refractivity contribution in [3.05, 3.63) is 0 Å². The van der Waals surface area contributed by atoms with Gasteiger partial charge in [0.2, 0.25) is 0 Å². The van der Waals surface area contributed by atoms with Crippen LogP contribution in [-0.4, -0.2) is 47.7 Å². The van der Waals surface area contributed by atoms with E-state index in [4.69, 9.17) is 4.74 Å². The molecule has 0 aromatic rings. The van der Waals surface area contributed by atoms with Crippen molar-refractivity contribution in [1.82, 2.24) is 5.32 Å². The molecule has 0 bridgehead atoms. The predicted molar refractivity (Wildman–Crippen MR) is 58.8 cm³/mol. The SMILES string of the molecule is CCC(C)NCC(O)CC1(O)CCOC1. The maximum absolute atomic E-state index is 9.97. The van der Waals surface area contributed by atoms with Gasteiger partial charge in [0.25, 0.3) is 0 Å². The molecule has 3 unspecified atom stereocenters. The zero-order chi connectivity index (χ0) is 11.3. The van der Waals surface area contributed by atoms with Crippen molar-refractivity contribution < 1.29 is 14.9 Å². The van der Waals surface area contributed by atoms with Crippen LogP contribution >= 0.6 is 0 Å². The average Bonchev–Trinajstić information content (AvgIpc) is 2.61. The van der Waals surface area contributed by atoms with E-state index in [9.17, 15) is 10.2 Å². The van der Waals surface area contributed by atoms with Crippen molar-refractivity contribution in [2.24, 2.45) is 0 Å². The molecule has 0 radical (unpaired) electrons. The summed E-state index contributed by atoms with van der Waals surface area (Å²) in [6, 6.07) is 0.411. The molecule has 1 aliphatic heterocycles. The molecule has 4 heteroatoms. The van der Waals surface area contributed by atoms with E-state index in [2.05, 4.69) is 19.2 Å². The smallest absolute Gasteiger partial charge is 0.0927 e. The van der Waals surface area contributed by atoms with E-state index in [1.807, 2.05) is 0 Å². The topological polar surface area (TPSA) is 61.7 Å². The Hall–Kier alpha value is -0.160. The number of nitrogens with one attached hydrogen (secondary N) is 1. The highest BCUT2D eigenvalue weighted by Gasteiger charge is 2.34. The zero-order valence-electron chi connectivity index (χ0n) is 9.70. The van der Waals surface area contributed by atoms with Gasteiger partial charge in [-0.15, -0.1) is 0 Å². The summed E-state index contributed by atoms with van der Waals surface area (Å²) in [5.41, 5.74) is -0.809. The maximum Gasteiger partial charge on any atom is 0.0927 e. The lowest BCUT2D eigenvalue weighted by molar-refractivity contribution is -0.0168. The Labute approximate surface area is 91.6 Å². The summed E-state index contributed by atoms with van der Waals surface area (Å²) in [5, 5.41) is 22.9. The molecule has 0 aromatic heterocycles. The van der Waals surface area contributed by atoms with Crippen LogP contribution in [0.25, 0.3) is 0 Å². The first-order valence-electron chi connectivity index (χ1n) is 5.77. The number of hydrogen-bond donors (Lipinski definition) is 3. The highest BCUT2D eigenvalue weighted by Crippen LogP contribution is 2.23. The zero-order valence-corrected chi connectivity index (χ0v) is 9.70. The van der Waals surface area contributed by atoms with Crippen molar-refractivity contribution in [3.8, 4) is 0 Å². The van der Waals surface area contributed by atoms with Gasteiger partial charge in [0.05, 0.1) is 18.3 Å². The Bertz CT molecular complexity index is 181. The molecule has 90 valence electrons. The molecule has 15 heavy (non-hydrogen) atoms. The predicted octanol–water partition coefficient (Wildman–Crippen LogP) is 0.277. The number of ether oxygens (including phenoxy) is 1. The molecule has 3 N–H and O–H groups in total. The van der Waals surface area contributed by atoms with Crippen LogP contribution in [0.15, 0.2) is 0 Å². The summed E-state index contributed by atoms with van der Waals surface area (Å²) in [5.74, 6) is 0. The van der Waals surface area contributed by atoms with Gasteiger partial charge in [-0.25, -0.2) is 0 Å². The lowest BCUT2D eigenvalue weighted by Gasteiger charge is -2.24. The quantitative estimate of drug-likeness (QED) is 0.598. The largest absolute Gasteiger partial charge is 0.392 e. The van der Waals surface area contributed by atoms with Gasteiger partial charge in [0, 0.05) is 32.0 Å². The highest BCUT2D eigenvalue weighted by atomic mass is 16.5. The third kappa shape index (κ3) is 4.47. The van der Waals surface area contributed by atoms with Gasteiger partial charge in [0.1, 0.15) is 0 Å². The second-order valence-electron chi connectivity index (χ2n) is 4.60. The summed E-state index contributed by atoms with van der Waals surface area (Å²) < 4.78 is 5.13. The minimum absolute atomic E-state index is 0.355. The summed E-state index contributed by atoms with van der Waals surface area (Å²) in [6.07, 6.45) is 1.58. The first-order chi connectivity index (χ1) is 7.06.